The molecular formula is C18H21NO2S. The maximum Gasteiger partial charge on any atom is 0.224 e. The number of thioether (sulfide) groups is 1. The van der Waals surface area contributed by atoms with Gasteiger partial charge < -0.3 is 10.1 Å². The van der Waals surface area contributed by atoms with Crippen molar-refractivity contribution in [2.24, 2.45) is 0 Å². The number of anilines is 1. The van der Waals surface area contributed by atoms with Crippen molar-refractivity contribution in [3.05, 3.63) is 54.1 Å². The third kappa shape index (κ3) is 4.53. The minimum atomic E-state index is 0.0211. The zero-order valence-electron chi connectivity index (χ0n) is 13.0. The number of para-hydroxylation sites is 2. The molecule has 0 bridgehead atoms. The smallest absolute Gasteiger partial charge is 0.224 e. The Labute approximate surface area is 136 Å². The molecule has 2 aromatic rings. The number of ether oxygens (including phenoxy) is 1. The summed E-state index contributed by atoms with van der Waals surface area (Å²) in [7, 11) is 0. The molecule has 22 heavy (non-hydrogen) atoms. The van der Waals surface area contributed by atoms with E-state index in [4.69, 9.17) is 4.74 Å². The number of carbonyl (C=O) groups is 1. The highest BCUT2D eigenvalue weighted by atomic mass is 32.2. The van der Waals surface area contributed by atoms with Crippen molar-refractivity contribution < 1.29 is 9.53 Å². The molecule has 0 aliphatic heterocycles. The van der Waals surface area contributed by atoms with E-state index in [1.54, 1.807) is 11.8 Å². The van der Waals surface area contributed by atoms with Gasteiger partial charge in [-0.25, -0.2) is 0 Å². The third-order valence-electron chi connectivity index (χ3n) is 3.27. The van der Waals surface area contributed by atoms with Crippen LogP contribution >= 0.6 is 11.8 Å². The number of amides is 1. The van der Waals surface area contributed by atoms with E-state index in [1.807, 2.05) is 61.7 Å². The number of aryl methyl sites for hydroxylation is 1. The summed E-state index contributed by atoms with van der Waals surface area (Å²) in [4.78, 5) is 13.2. The van der Waals surface area contributed by atoms with Gasteiger partial charge in [-0.3, -0.25) is 4.79 Å². The van der Waals surface area contributed by atoms with Gasteiger partial charge in [0.25, 0.3) is 0 Å². The highest BCUT2D eigenvalue weighted by molar-refractivity contribution is 7.98. The molecular weight excluding hydrogens is 294 g/mol. The molecule has 3 nitrogen and oxygen atoms in total. The van der Waals surface area contributed by atoms with Crippen molar-refractivity contribution >= 4 is 23.4 Å². The quantitative estimate of drug-likeness (QED) is 0.771. The van der Waals surface area contributed by atoms with Crippen molar-refractivity contribution in [2.45, 2.75) is 24.7 Å². The Hall–Kier alpha value is -1.94. The summed E-state index contributed by atoms with van der Waals surface area (Å²) in [5, 5.41) is 2.98. The summed E-state index contributed by atoms with van der Waals surface area (Å²) in [6.07, 6.45) is 3.11. The lowest BCUT2D eigenvalue weighted by Gasteiger charge is -2.11. The number of benzene rings is 2. The molecule has 4 heteroatoms. The molecule has 0 atom stereocenters. The van der Waals surface area contributed by atoms with Crippen LogP contribution < -0.4 is 10.1 Å². The number of rotatable bonds is 7. The van der Waals surface area contributed by atoms with E-state index in [0.717, 1.165) is 21.9 Å². The number of hydrogen-bond acceptors (Lipinski definition) is 3. The van der Waals surface area contributed by atoms with Gasteiger partial charge in [-0.15, -0.1) is 11.8 Å². The second-order valence-corrected chi connectivity index (χ2v) is 5.64. The minimum Gasteiger partial charge on any atom is -0.494 e. The molecule has 0 aromatic heterocycles. The van der Waals surface area contributed by atoms with E-state index in [9.17, 15) is 4.79 Å². The number of hydrogen-bond donors (Lipinski definition) is 1. The molecule has 0 heterocycles. The van der Waals surface area contributed by atoms with E-state index in [-0.39, 0.29) is 5.91 Å². The first-order valence-electron chi connectivity index (χ1n) is 7.38. The first-order valence-corrected chi connectivity index (χ1v) is 8.60. The third-order valence-corrected chi connectivity index (χ3v) is 4.07. The predicted octanol–water partition coefficient (Wildman–Crippen LogP) is 4.38. The number of nitrogens with one attached hydrogen (secondary N) is 1. The molecule has 116 valence electrons. The number of carbonyl (C=O) groups excluding carboxylic acids is 1. The first-order chi connectivity index (χ1) is 10.7. The van der Waals surface area contributed by atoms with Crippen LogP contribution in [-0.4, -0.2) is 18.8 Å². The molecule has 0 saturated heterocycles. The van der Waals surface area contributed by atoms with Crippen molar-refractivity contribution in [1.29, 1.82) is 0 Å². The summed E-state index contributed by atoms with van der Waals surface area (Å²) in [5.41, 5.74) is 1.94. The maximum atomic E-state index is 12.2. The van der Waals surface area contributed by atoms with Gasteiger partial charge in [0.15, 0.2) is 0 Å². The van der Waals surface area contributed by atoms with E-state index in [2.05, 4.69) is 5.32 Å². The summed E-state index contributed by atoms with van der Waals surface area (Å²) in [5.74, 6) is 0.884. The maximum absolute atomic E-state index is 12.2. The summed E-state index contributed by atoms with van der Waals surface area (Å²) in [6.45, 7) is 2.59. The molecule has 0 aliphatic carbocycles. The molecule has 0 saturated carbocycles. The molecule has 2 aromatic carbocycles. The molecule has 1 amide bonds. The molecule has 0 spiro atoms. The van der Waals surface area contributed by atoms with Crippen LogP contribution in [-0.2, 0) is 11.2 Å². The van der Waals surface area contributed by atoms with Gasteiger partial charge in [0.05, 0.1) is 12.3 Å². The Morgan fingerprint density at radius 2 is 1.86 bits per heavy atom. The summed E-state index contributed by atoms with van der Waals surface area (Å²) in [6, 6.07) is 15.7. The van der Waals surface area contributed by atoms with Crippen LogP contribution in [0, 0.1) is 0 Å². The summed E-state index contributed by atoms with van der Waals surface area (Å²) < 4.78 is 5.59. The molecule has 0 fully saturated rings. The fraction of sp³-hybridized carbons (Fsp3) is 0.278. The van der Waals surface area contributed by atoms with Crippen molar-refractivity contribution in [1.82, 2.24) is 0 Å². The topological polar surface area (TPSA) is 38.3 Å². The molecule has 0 aliphatic rings. The Kier molecular flexibility index (Phi) is 6.34. The first kappa shape index (κ1) is 16.4. The lowest BCUT2D eigenvalue weighted by Crippen LogP contribution is -2.13. The molecule has 1 N–H and O–H groups in total. The zero-order valence-corrected chi connectivity index (χ0v) is 13.8. The van der Waals surface area contributed by atoms with Crippen LogP contribution in [0.1, 0.15) is 18.9 Å². The minimum absolute atomic E-state index is 0.0211. The van der Waals surface area contributed by atoms with Crippen LogP contribution in [0.3, 0.4) is 0 Å². The van der Waals surface area contributed by atoms with Gasteiger partial charge >= 0.3 is 0 Å². The Morgan fingerprint density at radius 1 is 1.14 bits per heavy atom. The van der Waals surface area contributed by atoms with Crippen LogP contribution in [0.2, 0.25) is 0 Å². The average Bonchev–Trinajstić information content (AvgIpc) is 2.55. The zero-order chi connectivity index (χ0) is 15.8. The SMILES string of the molecule is CCOc1ccccc1CCC(=O)Nc1ccccc1SC. The van der Waals surface area contributed by atoms with Crippen LogP contribution in [0.15, 0.2) is 53.4 Å². The molecule has 2 rings (SSSR count). The second kappa shape index (κ2) is 8.49. The van der Waals surface area contributed by atoms with Crippen molar-refractivity contribution in [2.75, 3.05) is 18.2 Å². The van der Waals surface area contributed by atoms with Gasteiger partial charge in [0, 0.05) is 11.3 Å². The lowest BCUT2D eigenvalue weighted by molar-refractivity contribution is -0.116. The van der Waals surface area contributed by atoms with E-state index in [1.165, 1.54) is 0 Å². The van der Waals surface area contributed by atoms with E-state index >= 15 is 0 Å². The second-order valence-electron chi connectivity index (χ2n) is 4.79. The van der Waals surface area contributed by atoms with Crippen molar-refractivity contribution in [3.8, 4) is 5.75 Å². The molecule has 0 unspecified atom stereocenters. The van der Waals surface area contributed by atoms with Gasteiger partial charge in [-0.05, 0) is 43.4 Å². The Morgan fingerprint density at radius 3 is 2.64 bits per heavy atom. The fourth-order valence-corrected chi connectivity index (χ4v) is 2.77. The van der Waals surface area contributed by atoms with E-state index < -0.39 is 0 Å². The average molecular weight is 315 g/mol. The molecule has 0 radical (unpaired) electrons. The van der Waals surface area contributed by atoms with Crippen molar-refractivity contribution in [3.63, 3.8) is 0 Å². The van der Waals surface area contributed by atoms with Gasteiger partial charge in [-0.2, -0.15) is 0 Å². The monoisotopic (exact) mass is 315 g/mol. The fourth-order valence-electron chi connectivity index (χ4n) is 2.22. The van der Waals surface area contributed by atoms with Gasteiger partial charge in [-0.1, -0.05) is 30.3 Å². The lowest BCUT2D eigenvalue weighted by atomic mass is 10.1. The van der Waals surface area contributed by atoms with Crippen LogP contribution in [0.5, 0.6) is 5.75 Å². The highest BCUT2D eigenvalue weighted by Gasteiger charge is 2.08. The van der Waals surface area contributed by atoms with Crippen LogP contribution in [0.4, 0.5) is 5.69 Å². The Balaban J connectivity index is 1.96. The van der Waals surface area contributed by atoms with E-state index in [0.29, 0.717) is 19.4 Å². The predicted molar refractivity (Wildman–Crippen MR) is 92.8 cm³/mol. The normalized spacial score (nSPS) is 10.3. The van der Waals surface area contributed by atoms with Crippen LogP contribution in [0.25, 0.3) is 0 Å². The van der Waals surface area contributed by atoms with Gasteiger partial charge in [0.2, 0.25) is 5.91 Å². The highest BCUT2D eigenvalue weighted by Crippen LogP contribution is 2.25. The van der Waals surface area contributed by atoms with Gasteiger partial charge in [0.1, 0.15) is 5.75 Å². The summed E-state index contributed by atoms with van der Waals surface area (Å²) >= 11 is 1.63. The standard InChI is InChI=1S/C18H21NO2S/c1-3-21-16-10-6-4-8-14(16)12-13-18(20)19-15-9-5-7-11-17(15)22-2/h4-11H,3,12-13H2,1-2H3,(H,19,20). The largest absolute Gasteiger partial charge is 0.494 e. The Bertz CT molecular complexity index is 628.